The Morgan fingerprint density at radius 1 is 1.14 bits per heavy atom. The van der Waals surface area contributed by atoms with Crippen molar-refractivity contribution >= 4 is 38.5 Å². The summed E-state index contributed by atoms with van der Waals surface area (Å²) in [7, 11) is -3.52. The number of sulfone groups is 1. The minimum absolute atomic E-state index is 0.111. The minimum atomic E-state index is -3.52. The van der Waals surface area contributed by atoms with Crippen LogP contribution in [0.25, 0.3) is 0 Å². The van der Waals surface area contributed by atoms with Crippen LogP contribution in [-0.4, -0.2) is 19.6 Å². The van der Waals surface area contributed by atoms with Gasteiger partial charge in [0, 0.05) is 12.3 Å². The number of benzene rings is 2. The van der Waals surface area contributed by atoms with E-state index in [1.165, 1.54) is 12.1 Å². The quantitative estimate of drug-likeness (QED) is 0.677. The predicted molar refractivity (Wildman–Crippen MR) is 85.7 cm³/mol. The van der Waals surface area contributed by atoms with Crippen molar-refractivity contribution in [3.8, 4) is 0 Å². The maximum absolute atomic E-state index is 11.5. The largest absolute Gasteiger partial charge is 0.349 e. The van der Waals surface area contributed by atoms with E-state index in [0.29, 0.717) is 10.7 Å². The standard InChI is InChI=1S/C14H13ClN2O4S/c1-9-3-5-12(11(15)7-9)16-13-6-4-10(22(2,20)21)8-14(13)17(18)19/h3-8,16H,1-2H3. The lowest BCUT2D eigenvalue weighted by atomic mass is 10.2. The summed E-state index contributed by atoms with van der Waals surface area (Å²) in [6, 6.07) is 8.93. The molecule has 2 aromatic rings. The molecule has 0 radical (unpaired) electrons. The fourth-order valence-corrected chi connectivity index (χ4v) is 2.79. The molecule has 0 amide bonds. The molecule has 0 aromatic heterocycles. The van der Waals surface area contributed by atoms with Gasteiger partial charge in [-0.25, -0.2) is 8.42 Å². The smallest absolute Gasteiger partial charge is 0.293 e. The second-order valence-electron chi connectivity index (χ2n) is 4.82. The molecule has 0 atom stereocenters. The monoisotopic (exact) mass is 340 g/mol. The number of hydrogen-bond acceptors (Lipinski definition) is 5. The highest BCUT2D eigenvalue weighted by Gasteiger charge is 2.19. The lowest BCUT2D eigenvalue weighted by molar-refractivity contribution is -0.384. The number of hydrogen-bond donors (Lipinski definition) is 1. The van der Waals surface area contributed by atoms with Crippen LogP contribution in [-0.2, 0) is 9.84 Å². The molecular weight excluding hydrogens is 328 g/mol. The SMILES string of the molecule is Cc1ccc(Nc2ccc(S(C)(=O)=O)cc2[N+](=O)[O-])c(Cl)c1. The van der Waals surface area contributed by atoms with Gasteiger partial charge in [0.1, 0.15) is 5.69 Å². The maximum atomic E-state index is 11.5. The van der Waals surface area contributed by atoms with Crippen molar-refractivity contribution in [1.82, 2.24) is 0 Å². The molecule has 0 saturated heterocycles. The molecule has 0 aliphatic heterocycles. The molecule has 0 aliphatic carbocycles. The second-order valence-corrected chi connectivity index (χ2v) is 7.24. The summed E-state index contributed by atoms with van der Waals surface area (Å²) in [6.45, 7) is 1.87. The molecule has 8 heteroatoms. The first kappa shape index (κ1) is 16.3. The van der Waals surface area contributed by atoms with Crippen molar-refractivity contribution in [3.05, 3.63) is 57.1 Å². The van der Waals surface area contributed by atoms with Gasteiger partial charge in [0.25, 0.3) is 5.69 Å². The van der Waals surface area contributed by atoms with Crippen molar-refractivity contribution in [3.63, 3.8) is 0 Å². The first-order valence-electron chi connectivity index (χ1n) is 6.20. The van der Waals surface area contributed by atoms with Gasteiger partial charge in [-0.3, -0.25) is 10.1 Å². The molecule has 0 fully saturated rings. The Kier molecular flexibility index (Phi) is 4.39. The van der Waals surface area contributed by atoms with E-state index in [0.717, 1.165) is 17.9 Å². The molecule has 0 heterocycles. The summed E-state index contributed by atoms with van der Waals surface area (Å²) in [4.78, 5) is 10.4. The number of nitrogens with zero attached hydrogens (tertiary/aromatic N) is 1. The van der Waals surface area contributed by atoms with Gasteiger partial charge >= 0.3 is 0 Å². The van der Waals surface area contributed by atoms with E-state index in [2.05, 4.69) is 5.32 Å². The van der Waals surface area contributed by atoms with Crippen LogP contribution in [0.1, 0.15) is 5.56 Å². The molecule has 0 aliphatic rings. The molecule has 0 bridgehead atoms. The van der Waals surface area contributed by atoms with E-state index in [9.17, 15) is 18.5 Å². The molecule has 2 aromatic carbocycles. The third-order valence-corrected chi connectivity index (χ3v) is 4.41. The van der Waals surface area contributed by atoms with Gasteiger partial charge in [-0.05, 0) is 36.8 Å². The summed E-state index contributed by atoms with van der Waals surface area (Å²) < 4.78 is 23.0. The number of nitrogens with one attached hydrogen (secondary N) is 1. The van der Waals surface area contributed by atoms with Crippen molar-refractivity contribution < 1.29 is 13.3 Å². The van der Waals surface area contributed by atoms with Gasteiger partial charge in [0.15, 0.2) is 9.84 Å². The molecule has 0 spiro atoms. The number of nitro groups is 1. The van der Waals surface area contributed by atoms with Gasteiger partial charge < -0.3 is 5.32 Å². The average Bonchev–Trinajstić information content (AvgIpc) is 2.40. The third-order valence-electron chi connectivity index (χ3n) is 2.99. The van der Waals surface area contributed by atoms with Crippen molar-refractivity contribution in [2.75, 3.05) is 11.6 Å². The van der Waals surface area contributed by atoms with Gasteiger partial charge in [0.05, 0.1) is 20.5 Å². The zero-order valence-corrected chi connectivity index (χ0v) is 13.4. The van der Waals surface area contributed by atoms with Gasteiger partial charge in [-0.2, -0.15) is 0 Å². The minimum Gasteiger partial charge on any atom is -0.349 e. The first-order chi connectivity index (χ1) is 10.2. The Morgan fingerprint density at radius 2 is 1.77 bits per heavy atom. The molecule has 116 valence electrons. The van der Waals surface area contributed by atoms with Crippen LogP contribution < -0.4 is 5.32 Å². The number of anilines is 2. The van der Waals surface area contributed by atoms with Crippen molar-refractivity contribution in [2.45, 2.75) is 11.8 Å². The summed E-state index contributed by atoms with van der Waals surface area (Å²) >= 11 is 6.09. The van der Waals surface area contributed by atoms with E-state index in [-0.39, 0.29) is 16.3 Å². The molecule has 22 heavy (non-hydrogen) atoms. The lowest BCUT2D eigenvalue weighted by Crippen LogP contribution is -2.02. The fraction of sp³-hybridized carbons (Fsp3) is 0.143. The number of aryl methyl sites for hydroxylation is 1. The third kappa shape index (κ3) is 3.55. The Labute approximate surface area is 132 Å². The predicted octanol–water partition coefficient (Wildman–Crippen LogP) is 3.70. The number of nitro benzene ring substituents is 1. The van der Waals surface area contributed by atoms with E-state index < -0.39 is 14.8 Å². The topological polar surface area (TPSA) is 89.3 Å². The highest BCUT2D eigenvalue weighted by Crippen LogP contribution is 2.33. The fourth-order valence-electron chi connectivity index (χ4n) is 1.87. The average molecular weight is 341 g/mol. The second kappa shape index (κ2) is 5.94. The molecule has 6 nitrogen and oxygen atoms in total. The Hall–Kier alpha value is -2.12. The number of rotatable bonds is 4. The van der Waals surface area contributed by atoms with Crippen molar-refractivity contribution in [1.29, 1.82) is 0 Å². The highest BCUT2D eigenvalue weighted by atomic mass is 35.5. The highest BCUT2D eigenvalue weighted by molar-refractivity contribution is 7.90. The van der Waals surface area contributed by atoms with Crippen LogP contribution in [0.5, 0.6) is 0 Å². The zero-order valence-electron chi connectivity index (χ0n) is 11.8. The van der Waals surface area contributed by atoms with Gasteiger partial charge in [-0.15, -0.1) is 0 Å². The molecule has 1 N–H and O–H groups in total. The maximum Gasteiger partial charge on any atom is 0.293 e. The Bertz CT molecular complexity index is 850. The van der Waals surface area contributed by atoms with Crippen LogP contribution in [0.4, 0.5) is 17.1 Å². The molecule has 2 rings (SSSR count). The normalized spacial score (nSPS) is 11.2. The van der Waals surface area contributed by atoms with Crippen LogP contribution >= 0.6 is 11.6 Å². The molecule has 0 saturated carbocycles. The van der Waals surface area contributed by atoms with E-state index in [4.69, 9.17) is 11.6 Å². The van der Waals surface area contributed by atoms with Crippen LogP contribution in [0.3, 0.4) is 0 Å². The summed E-state index contributed by atoms with van der Waals surface area (Å²) in [5, 5.41) is 14.4. The first-order valence-corrected chi connectivity index (χ1v) is 8.47. The van der Waals surface area contributed by atoms with E-state index in [1.54, 1.807) is 12.1 Å². The Morgan fingerprint density at radius 3 is 2.32 bits per heavy atom. The lowest BCUT2D eigenvalue weighted by Gasteiger charge is -2.10. The molecule has 0 unspecified atom stereocenters. The van der Waals surface area contributed by atoms with Gasteiger partial charge in [0.2, 0.25) is 0 Å². The van der Waals surface area contributed by atoms with Crippen molar-refractivity contribution in [2.24, 2.45) is 0 Å². The summed E-state index contributed by atoms with van der Waals surface area (Å²) in [5.74, 6) is 0. The van der Waals surface area contributed by atoms with Crippen LogP contribution in [0.2, 0.25) is 5.02 Å². The van der Waals surface area contributed by atoms with Crippen LogP contribution in [0.15, 0.2) is 41.3 Å². The van der Waals surface area contributed by atoms with E-state index >= 15 is 0 Å². The van der Waals surface area contributed by atoms with Crippen LogP contribution in [0, 0.1) is 17.0 Å². The van der Waals surface area contributed by atoms with E-state index in [1.807, 2.05) is 13.0 Å². The molecular formula is C14H13ClN2O4S. The van der Waals surface area contributed by atoms with Gasteiger partial charge in [-0.1, -0.05) is 17.7 Å². The summed E-state index contributed by atoms with van der Waals surface area (Å²) in [5.41, 5.74) is 1.29. The Balaban J connectivity index is 2.49. The summed E-state index contributed by atoms with van der Waals surface area (Å²) in [6.07, 6.45) is 0.996. The number of halogens is 1. The zero-order chi connectivity index (χ0) is 16.5.